The third kappa shape index (κ3) is 3.77. The van der Waals surface area contributed by atoms with Gasteiger partial charge < -0.3 is 10.0 Å². The molecule has 1 saturated heterocycles. The van der Waals surface area contributed by atoms with E-state index in [1.165, 1.54) is 0 Å². The number of amides is 1. The SMILES string of the molecule is O=C(O)CCCCCN1CCCC1=O. The number of carbonyl (C=O) groups excluding carboxylic acids is 1. The maximum Gasteiger partial charge on any atom is 0.303 e. The quantitative estimate of drug-likeness (QED) is 0.655. The molecule has 1 N–H and O–H groups in total. The fraction of sp³-hybridized carbons (Fsp3) is 0.800. The number of hydrogen-bond acceptors (Lipinski definition) is 2. The zero-order chi connectivity index (χ0) is 10.4. The molecule has 4 heteroatoms. The van der Waals surface area contributed by atoms with E-state index in [1.807, 2.05) is 4.90 Å². The number of rotatable bonds is 6. The Morgan fingerprint density at radius 2 is 2.14 bits per heavy atom. The molecular weight excluding hydrogens is 182 g/mol. The minimum Gasteiger partial charge on any atom is -0.481 e. The Hall–Kier alpha value is -1.06. The molecule has 0 aliphatic carbocycles. The Kier molecular flexibility index (Phi) is 4.43. The predicted molar refractivity (Wildman–Crippen MR) is 51.9 cm³/mol. The van der Waals surface area contributed by atoms with Crippen molar-refractivity contribution in [2.24, 2.45) is 0 Å². The van der Waals surface area contributed by atoms with E-state index < -0.39 is 5.97 Å². The topological polar surface area (TPSA) is 57.6 Å². The van der Waals surface area contributed by atoms with Crippen molar-refractivity contribution in [3.05, 3.63) is 0 Å². The first-order valence-corrected chi connectivity index (χ1v) is 5.20. The third-order valence-corrected chi connectivity index (χ3v) is 2.49. The number of aliphatic carboxylic acids is 1. The van der Waals surface area contributed by atoms with E-state index in [0.717, 1.165) is 38.8 Å². The molecule has 1 amide bonds. The first-order valence-electron chi connectivity index (χ1n) is 5.20. The molecular formula is C10H17NO3. The van der Waals surface area contributed by atoms with Crippen LogP contribution in [0.25, 0.3) is 0 Å². The summed E-state index contributed by atoms with van der Waals surface area (Å²) in [6.45, 7) is 1.69. The van der Waals surface area contributed by atoms with E-state index in [0.29, 0.717) is 6.42 Å². The molecule has 0 atom stereocenters. The number of carbonyl (C=O) groups is 2. The number of hydrogen-bond donors (Lipinski definition) is 1. The van der Waals surface area contributed by atoms with Gasteiger partial charge in [0.1, 0.15) is 0 Å². The van der Waals surface area contributed by atoms with Gasteiger partial charge in [0, 0.05) is 25.9 Å². The summed E-state index contributed by atoms with van der Waals surface area (Å²) in [5, 5.41) is 8.40. The summed E-state index contributed by atoms with van der Waals surface area (Å²) in [6, 6.07) is 0. The van der Waals surface area contributed by atoms with Crippen LogP contribution < -0.4 is 0 Å². The maximum absolute atomic E-state index is 11.2. The van der Waals surface area contributed by atoms with Crippen molar-refractivity contribution in [3.8, 4) is 0 Å². The second-order valence-electron chi connectivity index (χ2n) is 3.69. The van der Waals surface area contributed by atoms with E-state index in [-0.39, 0.29) is 12.3 Å². The Bertz CT molecular complexity index is 215. The van der Waals surface area contributed by atoms with Gasteiger partial charge in [-0.3, -0.25) is 9.59 Å². The van der Waals surface area contributed by atoms with Gasteiger partial charge in [0.25, 0.3) is 0 Å². The number of unbranched alkanes of at least 4 members (excludes halogenated alkanes) is 2. The highest BCUT2D eigenvalue weighted by Crippen LogP contribution is 2.11. The van der Waals surface area contributed by atoms with Crippen molar-refractivity contribution >= 4 is 11.9 Å². The van der Waals surface area contributed by atoms with E-state index in [1.54, 1.807) is 0 Å². The molecule has 0 spiro atoms. The lowest BCUT2D eigenvalue weighted by Crippen LogP contribution is -2.25. The van der Waals surface area contributed by atoms with Crippen LogP contribution in [0.15, 0.2) is 0 Å². The Labute approximate surface area is 83.9 Å². The minimum atomic E-state index is -0.734. The van der Waals surface area contributed by atoms with Crippen molar-refractivity contribution < 1.29 is 14.7 Å². The largest absolute Gasteiger partial charge is 0.481 e. The molecule has 1 fully saturated rings. The number of likely N-dealkylation sites (tertiary alicyclic amines) is 1. The lowest BCUT2D eigenvalue weighted by molar-refractivity contribution is -0.137. The van der Waals surface area contributed by atoms with Gasteiger partial charge in [-0.2, -0.15) is 0 Å². The molecule has 80 valence electrons. The maximum atomic E-state index is 11.2. The number of carboxylic acids is 1. The Morgan fingerprint density at radius 1 is 1.36 bits per heavy atom. The fourth-order valence-corrected chi connectivity index (χ4v) is 1.70. The second-order valence-corrected chi connectivity index (χ2v) is 3.69. The smallest absolute Gasteiger partial charge is 0.303 e. The Balaban J connectivity index is 1.98. The van der Waals surface area contributed by atoms with Crippen molar-refractivity contribution in [2.45, 2.75) is 38.5 Å². The molecule has 0 aromatic heterocycles. The standard InChI is InChI=1S/C10H17NO3/c12-9-5-4-8-11(9)7-3-1-2-6-10(13)14/h1-8H2,(H,13,14). The molecule has 1 rings (SSSR count). The first kappa shape index (κ1) is 11.0. The van der Waals surface area contributed by atoms with Crippen LogP contribution in [-0.2, 0) is 9.59 Å². The molecule has 0 aromatic carbocycles. The van der Waals surface area contributed by atoms with Gasteiger partial charge in [-0.1, -0.05) is 6.42 Å². The molecule has 1 heterocycles. The van der Waals surface area contributed by atoms with Crippen LogP contribution in [-0.4, -0.2) is 35.0 Å². The Morgan fingerprint density at radius 3 is 2.71 bits per heavy atom. The van der Waals surface area contributed by atoms with Crippen molar-refractivity contribution in [2.75, 3.05) is 13.1 Å². The molecule has 0 saturated carbocycles. The summed E-state index contributed by atoms with van der Waals surface area (Å²) in [4.78, 5) is 23.3. The minimum absolute atomic E-state index is 0.244. The molecule has 1 aliphatic rings. The molecule has 14 heavy (non-hydrogen) atoms. The van der Waals surface area contributed by atoms with Gasteiger partial charge in [-0.05, 0) is 19.3 Å². The summed E-state index contributed by atoms with van der Waals surface area (Å²) in [7, 11) is 0. The highest BCUT2D eigenvalue weighted by molar-refractivity contribution is 5.77. The van der Waals surface area contributed by atoms with Crippen molar-refractivity contribution in [1.82, 2.24) is 4.90 Å². The van der Waals surface area contributed by atoms with Crippen LogP contribution in [0.5, 0.6) is 0 Å². The van der Waals surface area contributed by atoms with E-state index in [9.17, 15) is 9.59 Å². The van der Waals surface area contributed by atoms with Gasteiger partial charge in [-0.25, -0.2) is 0 Å². The second kappa shape index (κ2) is 5.62. The third-order valence-electron chi connectivity index (χ3n) is 2.49. The average molecular weight is 199 g/mol. The van der Waals surface area contributed by atoms with Crippen LogP contribution >= 0.6 is 0 Å². The zero-order valence-electron chi connectivity index (χ0n) is 8.37. The van der Waals surface area contributed by atoms with Crippen LogP contribution in [0, 0.1) is 0 Å². The summed E-state index contributed by atoms with van der Waals surface area (Å²) in [5.74, 6) is -0.481. The zero-order valence-corrected chi connectivity index (χ0v) is 8.37. The average Bonchev–Trinajstić information content (AvgIpc) is 2.51. The molecule has 0 unspecified atom stereocenters. The fourth-order valence-electron chi connectivity index (χ4n) is 1.70. The first-order chi connectivity index (χ1) is 6.70. The van der Waals surface area contributed by atoms with Crippen LogP contribution in [0.2, 0.25) is 0 Å². The van der Waals surface area contributed by atoms with Crippen molar-refractivity contribution in [3.63, 3.8) is 0 Å². The molecule has 0 radical (unpaired) electrons. The van der Waals surface area contributed by atoms with Gasteiger partial charge in [-0.15, -0.1) is 0 Å². The number of carboxylic acid groups (broad SMARTS) is 1. The summed E-state index contributed by atoms with van der Waals surface area (Å²) >= 11 is 0. The summed E-state index contributed by atoms with van der Waals surface area (Å²) in [5.41, 5.74) is 0. The van der Waals surface area contributed by atoms with Gasteiger partial charge in [0.15, 0.2) is 0 Å². The highest BCUT2D eigenvalue weighted by Gasteiger charge is 2.18. The van der Waals surface area contributed by atoms with Gasteiger partial charge >= 0.3 is 5.97 Å². The summed E-state index contributed by atoms with van der Waals surface area (Å²) < 4.78 is 0. The lowest BCUT2D eigenvalue weighted by Gasteiger charge is -2.14. The molecule has 0 aromatic rings. The van der Waals surface area contributed by atoms with Gasteiger partial charge in [0.05, 0.1) is 0 Å². The lowest BCUT2D eigenvalue weighted by atomic mass is 10.2. The normalized spacial score (nSPS) is 16.3. The van der Waals surface area contributed by atoms with Crippen LogP contribution in [0.1, 0.15) is 38.5 Å². The van der Waals surface area contributed by atoms with E-state index in [4.69, 9.17) is 5.11 Å². The molecule has 1 aliphatic heterocycles. The van der Waals surface area contributed by atoms with Crippen molar-refractivity contribution in [1.29, 1.82) is 0 Å². The predicted octanol–water partition coefficient (Wildman–Crippen LogP) is 1.25. The van der Waals surface area contributed by atoms with Crippen LogP contribution in [0.3, 0.4) is 0 Å². The van der Waals surface area contributed by atoms with Gasteiger partial charge in [0.2, 0.25) is 5.91 Å². The molecule has 0 bridgehead atoms. The number of nitrogens with zero attached hydrogens (tertiary/aromatic N) is 1. The van der Waals surface area contributed by atoms with E-state index in [2.05, 4.69) is 0 Å². The van der Waals surface area contributed by atoms with Crippen LogP contribution in [0.4, 0.5) is 0 Å². The highest BCUT2D eigenvalue weighted by atomic mass is 16.4. The molecule has 4 nitrogen and oxygen atoms in total. The summed E-state index contributed by atoms with van der Waals surface area (Å²) in [6.07, 6.45) is 4.46. The monoisotopic (exact) mass is 199 g/mol. The van der Waals surface area contributed by atoms with E-state index >= 15 is 0 Å².